The number of carbonyl (C=O) groups excluding carboxylic acids is 2. The number of urea groups is 2. The summed E-state index contributed by atoms with van der Waals surface area (Å²) < 4.78 is 10.9. The zero-order chi connectivity index (χ0) is 23.3. The minimum Gasteiger partial charge on any atom is -0.493 e. The van der Waals surface area contributed by atoms with Crippen molar-refractivity contribution < 1.29 is 19.1 Å². The molecule has 3 rings (SSSR count). The summed E-state index contributed by atoms with van der Waals surface area (Å²) in [6.07, 6.45) is 0.651. The normalized spacial score (nSPS) is 15.1. The number of anilines is 1. The Bertz CT molecular complexity index is 965. The van der Waals surface area contributed by atoms with Gasteiger partial charge >= 0.3 is 12.1 Å². The summed E-state index contributed by atoms with van der Waals surface area (Å²) in [6, 6.07) is 9.81. The van der Waals surface area contributed by atoms with Crippen molar-refractivity contribution in [3.63, 3.8) is 0 Å². The lowest BCUT2D eigenvalue weighted by Crippen LogP contribution is -2.49. The highest BCUT2D eigenvalue weighted by atomic mass is 35.5. The Kier molecular flexibility index (Phi) is 7.69. The summed E-state index contributed by atoms with van der Waals surface area (Å²) in [5.74, 6) is 1.21. The minimum atomic E-state index is -0.385. The van der Waals surface area contributed by atoms with Gasteiger partial charge in [0.2, 0.25) is 0 Å². The molecule has 0 aromatic heterocycles. The van der Waals surface area contributed by atoms with Crippen LogP contribution in [-0.4, -0.2) is 50.3 Å². The number of benzene rings is 2. The number of amides is 4. The second-order valence-corrected chi connectivity index (χ2v) is 8.25. The summed E-state index contributed by atoms with van der Waals surface area (Å²) in [7, 11) is 3.16. The van der Waals surface area contributed by atoms with Gasteiger partial charge < -0.3 is 30.3 Å². The number of hydrogen-bond donors (Lipinski definition) is 3. The third-order valence-electron chi connectivity index (χ3n) is 5.23. The van der Waals surface area contributed by atoms with Crippen LogP contribution in [0.1, 0.15) is 31.0 Å². The van der Waals surface area contributed by atoms with Crippen LogP contribution < -0.4 is 25.4 Å². The topological polar surface area (TPSA) is 91.9 Å². The van der Waals surface area contributed by atoms with Crippen LogP contribution in [0.5, 0.6) is 11.5 Å². The summed E-state index contributed by atoms with van der Waals surface area (Å²) in [4.78, 5) is 27.1. The Morgan fingerprint density at radius 2 is 1.78 bits per heavy atom. The standard InChI is InChI=1S/C23H29ClN4O4/c1-14(2)26-22(29)25-13-19-18-12-21(32-4)20(31-3)11-15(18)9-10-28(19)23(30)27-17-7-5-16(24)6-8-17/h5-8,11-12,14,19H,9-10,13H2,1-4H3,(H,27,30)(H2,25,26,29). The smallest absolute Gasteiger partial charge is 0.322 e. The highest BCUT2D eigenvalue weighted by Crippen LogP contribution is 2.38. The predicted molar refractivity (Wildman–Crippen MR) is 125 cm³/mol. The van der Waals surface area contributed by atoms with Crippen molar-refractivity contribution in [3.8, 4) is 11.5 Å². The molecule has 0 radical (unpaired) electrons. The lowest BCUT2D eigenvalue weighted by atomic mass is 9.92. The number of rotatable bonds is 6. The van der Waals surface area contributed by atoms with E-state index < -0.39 is 0 Å². The maximum absolute atomic E-state index is 13.2. The molecule has 2 aromatic rings. The highest BCUT2D eigenvalue weighted by Gasteiger charge is 2.32. The molecule has 9 heteroatoms. The predicted octanol–water partition coefficient (Wildman–Crippen LogP) is 4.20. The molecule has 3 N–H and O–H groups in total. The molecule has 1 heterocycles. The molecule has 0 spiro atoms. The average molecular weight is 461 g/mol. The van der Waals surface area contributed by atoms with Gasteiger partial charge in [0.05, 0.1) is 20.3 Å². The summed E-state index contributed by atoms with van der Waals surface area (Å²) in [5.41, 5.74) is 2.60. The molecule has 1 unspecified atom stereocenters. The fraction of sp³-hybridized carbons (Fsp3) is 0.391. The van der Waals surface area contributed by atoms with E-state index in [4.69, 9.17) is 21.1 Å². The van der Waals surface area contributed by atoms with Gasteiger partial charge in [-0.2, -0.15) is 0 Å². The van der Waals surface area contributed by atoms with Crippen LogP contribution in [0.2, 0.25) is 5.02 Å². The number of ether oxygens (including phenoxy) is 2. The van der Waals surface area contributed by atoms with Gasteiger partial charge in [0, 0.05) is 29.8 Å². The van der Waals surface area contributed by atoms with E-state index in [9.17, 15) is 9.59 Å². The number of nitrogens with zero attached hydrogens (tertiary/aromatic N) is 1. The van der Waals surface area contributed by atoms with Crippen molar-refractivity contribution in [3.05, 3.63) is 52.5 Å². The van der Waals surface area contributed by atoms with Gasteiger partial charge in [-0.1, -0.05) is 11.6 Å². The van der Waals surface area contributed by atoms with Crippen molar-refractivity contribution in [2.45, 2.75) is 32.4 Å². The number of methoxy groups -OCH3 is 2. The van der Waals surface area contributed by atoms with Crippen molar-refractivity contribution in [1.82, 2.24) is 15.5 Å². The molecule has 0 fully saturated rings. The monoisotopic (exact) mass is 460 g/mol. The van der Waals surface area contributed by atoms with Crippen LogP contribution in [0, 0.1) is 0 Å². The van der Waals surface area contributed by atoms with E-state index in [2.05, 4.69) is 16.0 Å². The van der Waals surface area contributed by atoms with E-state index >= 15 is 0 Å². The molecule has 1 aliphatic heterocycles. The molecule has 8 nitrogen and oxygen atoms in total. The molecule has 0 bridgehead atoms. The van der Waals surface area contributed by atoms with E-state index in [1.54, 1.807) is 43.4 Å². The fourth-order valence-electron chi connectivity index (χ4n) is 3.72. The summed E-state index contributed by atoms with van der Waals surface area (Å²) >= 11 is 5.95. The van der Waals surface area contributed by atoms with Gasteiger partial charge in [-0.3, -0.25) is 0 Å². The van der Waals surface area contributed by atoms with E-state index in [0.29, 0.717) is 35.2 Å². The Hall–Kier alpha value is -3.13. The molecule has 1 atom stereocenters. The first-order chi connectivity index (χ1) is 15.3. The molecule has 172 valence electrons. The van der Waals surface area contributed by atoms with Gasteiger partial charge in [0.25, 0.3) is 0 Å². The maximum Gasteiger partial charge on any atom is 0.322 e. The third kappa shape index (κ3) is 5.56. The van der Waals surface area contributed by atoms with E-state index in [1.807, 2.05) is 26.0 Å². The van der Waals surface area contributed by atoms with Gasteiger partial charge in [-0.15, -0.1) is 0 Å². The summed E-state index contributed by atoms with van der Waals surface area (Å²) in [6.45, 7) is 4.51. The Labute approximate surface area is 193 Å². The van der Waals surface area contributed by atoms with Gasteiger partial charge in [0.1, 0.15) is 0 Å². The SMILES string of the molecule is COc1cc2c(cc1OC)C(CNC(=O)NC(C)C)N(C(=O)Nc1ccc(Cl)cc1)CC2. The third-order valence-corrected chi connectivity index (χ3v) is 5.49. The first kappa shape index (κ1) is 23.5. The Morgan fingerprint density at radius 1 is 1.12 bits per heavy atom. The van der Waals surface area contributed by atoms with E-state index in [1.165, 1.54) is 0 Å². The second-order valence-electron chi connectivity index (χ2n) is 7.81. The van der Waals surface area contributed by atoms with Gasteiger partial charge in [0.15, 0.2) is 11.5 Å². The molecule has 2 aromatic carbocycles. The van der Waals surface area contributed by atoms with E-state index in [-0.39, 0.29) is 30.7 Å². The van der Waals surface area contributed by atoms with Gasteiger partial charge in [-0.05, 0) is 67.8 Å². The lowest BCUT2D eigenvalue weighted by Gasteiger charge is -2.38. The second kappa shape index (κ2) is 10.5. The minimum absolute atomic E-state index is 0.00213. The molecule has 0 saturated carbocycles. The van der Waals surface area contributed by atoms with Crippen LogP contribution in [-0.2, 0) is 6.42 Å². The first-order valence-corrected chi connectivity index (χ1v) is 10.8. The van der Waals surface area contributed by atoms with Crippen LogP contribution >= 0.6 is 11.6 Å². The number of hydrogen-bond acceptors (Lipinski definition) is 4. The highest BCUT2D eigenvalue weighted by molar-refractivity contribution is 6.30. The Balaban J connectivity index is 1.88. The Morgan fingerprint density at radius 3 is 2.41 bits per heavy atom. The maximum atomic E-state index is 13.2. The lowest BCUT2D eigenvalue weighted by molar-refractivity contribution is 0.179. The molecule has 4 amide bonds. The molecular weight excluding hydrogens is 432 g/mol. The quantitative estimate of drug-likeness (QED) is 0.602. The molecule has 32 heavy (non-hydrogen) atoms. The summed E-state index contributed by atoms with van der Waals surface area (Å²) in [5, 5.41) is 9.20. The fourth-order valence-corrected chi connectivity index (χ4v) is 3.85. The van der Waals surface area contributed by atoms with Gasteiger partial charge in [-0.25, -0.2) is 9.59 Å². The molecule has 0 saturated heterocycles. The zero-order valence-electron chi connectivity index (χ0n) is 18.7. The van der Waals surface area contributed by atoms with E-state index in [0.717, 1.165) is 11.1 Å². The van der Waals surface area contributed by atoms with Crippen molar-refractivity contribution in [1.29, 1.82) is 0 Å². The number of nitrogens with one attached hydrogen (secondary N) is 3. The molecular formula is C23H29ClN4O4. The van der Waals surface area contributed by atoms with Crippen LogP contribution in [0.4, 0.5) is 15.3 Å². The van der Waals surface area contributed by atoms with Crippen molar-refractivity contribution in [2.75, 3.05) is 32.6 Å². The molecule has 0 aliphatic carbocycles. The molecule has 1 aliphatic rings. The number of halogens is 1. The number of carbonyl (C=O) groups is 2. The van der Waals surface area contributed by atoms with Crippen LogP contribution in [0.15, 0.2) is 36.4 Å². The largest absolute Gasteiger partial charge is 0.493 e. The van der Waals surface area contributed by atoms with Crippen LogP contribution in [0.25, 0.3) is 0 Å². The first-order valence-electron chi connectivity index (χ1n) is 10.4. The van der Waals surface area contributed by atoms with Crippen molar-refractivity contribution >= 4 is 29.4 Å². The van der Waals surface area contributed by atoms with Crippen molar-refractivity contribution in [2.24, 2.45) is 0 Å². The average Bonchev–Trinajstić information content (AvgIpc) is 2.77. The zero-order valence-corrected chi connectivity index (χ0v) is 19.5. The number of fused-ring (bicyclic) bond motifs is 1. The van der Waals surface area contributed by atoms with Crippen LogP contribution in [0.3, 0.4) is 0 Å².